The number of hydrogen-bond acceptors (Lipinski definition) is 3. The van der Waals surface area contributed by atoms with Crippen LogP contribution in [-0.4, -0.2) is 19.9 Å². The number of nitrogens with zero attached hydrogens (tertiary/aromatic N) is 3. The summed E-state index contributed by atoms with van der Waals surface area (Å²) < 4.78 is 68.2. The summed E-state index contributed by atoms with van der Waals surface area (Å²) in [5.41, 5.74) is -1.17. The minimum Gasteiger partial charge on any atom is -0.388 e. The van der Waals surface area contributed by atoms with E-state index in [0.29, 0.717) is 0 Å². The molecule has 0 atom stereocenters. The van der Waals surface area contributed by atoms with Gasteiger partial charge in [-0.3, -0.25) is 0 Å². The van der Waals surface area contributed by atoms with Gasteiger partial charge in [-0.15, -0.1) is 10.2 Å². The van der Waals surface area contributed by atoms with Crippen LogP contribution in [0.25, 0.3) is 11.4 Å². The molecule has 0 saturated carbocycles. The van der Waals surface area contributed by atoms with Crippen molar-refractivity contribution >= 4 is 0 Å². The molecular formula is C12H10F5N3O. The molecule has 0 aliphatic heterocycles. The molecule has 0 unspecified atom stereocenters. The molecule has 1 aromatic heterocycles. The number of rotatable bonds is 3. The molecule has 0 bridgehead atoms. The molecule has 0 aliphatic rings. The number of halogens is 5. The summed E-state index contributed by atoms with van der Waals surface area (Å²) in [6, 6.07) is -0.466. The lowest BCUT2D eigenvalue weighted by molar-refractivity contribution is 0.262. The van der Waals surface area contributed by atoms with E-state index in [1.165, 1.54) is 0 Å². The lowest BCUT2D eigenvalue weighted by Crippen LogP contribution is -2.12. The number of aliphatic hydroxyl groups is 1. The van der Waals surface area contributed by atoms with Crippen LogP contribution in [0.2, 0.25) is 0 Å². The second-order valence-corrected chi connectivity index (χ2v) is 4.51. The molecule has 0 spiro atoms. The predicted octanol–water partition coefficient (Wildman–Crippen LogP) is 2.71. The van der Waals surface area contributed by atoms with Crippen molar-refractivity contribution in [3.05, 3.63) is 34.9 Å². The molecule has 4 nitrogen and oxygen atoms in total. The Hall–Kier alpha value is -2.03. The molecule has 9 heteroatoms. The summed E-state index contributed by atoms with van der Waals surface area (Å²) in [5, 5.41) is 16.0. The predicted molar refractivity (Wildman–Crippen MR) is 61.6 cm³/mol. The fraction of sp³-hybridized carbons (Fsp3) is 0.333. The van der Waals surface area contributed by atoms with Crippen LogP contribution in [0, 0.1) is 29.1 Å². The van der Waals surface area contributed by atoms with E-state index in [2.05, 4.69) is 10.2 Å². The summed E-state index contributed by atoms with van der Waals surface area (Å²) >= 11 is 0. The number of aromatic nitrogens is 3. The van der Waals surface area contributed by atoms with Crippen molar-refractivity contribution in [2.24, 2.45) is 0 Å². The summed E-state index contributed by atoms with van der Waals surface area (Å²) in [6.45, 7) is 2.57. The van der Waals surface area contributed by atoms with Crippen LogP contribution in [0.5, 0.6) is 0 Å². The molecule has 21 heavy (non-hydrogen) atoms. The second kappa shape index (κ2) is 5.40. The Morgan fingerprint density at radius 2 is 1.38 bits per heavy atom. The van der Waals surface area contributed by atoms with Crippen LogP contribution in [-0.2, 0) is 6.61 Å². The Bertz CT molecular complexity index is 670. The van der Waals surface area contributed by atoms with Crippen LogP contribution >= 0.6 is 0 Å². The SMILES string of the molecule is CC(C)n1c(CO)nnc1-c1c(F)c(F)c(F)c(F)c1F. The zero-order chi connectivity index (χ0) is 15.9. The largest absolute Gasteiger partial charge is 0.388 e. The van der Waals surface area contributed by atoms with Crippen molar-refractivity contribution in [3.8, 4) is 11.4 Å². The lowest BCUT2D eigenvalue weighted by Gasteiger charge is -2.14. The first-order valence-corrected chi connectivity index (χ1v) is 5.87. The van der Waals surface area contributed by atoms with E-state index < -0.39 is 53.1 Å². The van der Waals surface area contributed by atoms with Crippen LogP contribution in [0.1, 0.15) is 25.7 Å². The quantitative estimate of drug-likeness (QED) is 0.539. The van der Waals surface area contributed by atoms with Crippen molar-refractivity contribution < 1.29 is 27.1 Å². The van der Waals surface area contributed by atoms with Crippen molar-refractivity contribution in [2.75, 3.05) is 0 Å². The van der Waals surface area contributed by atoms with E-state index >= 15 is 0 Å². The molecule has 2 rings (SSSR count). The first-order chi connectivity index (χ1) is 9.81. The van der Waals surface area contributed by atoms with E-state index in [1.54, 1.807) is 13.8 Å². The maximum atomic E-state index is 13.8. The van der Waals surface area contributed by atoms with Crippen molar-refractivity contribution in [3.63, 3.8) is 0 Å². The van der Waals surface area contributed by atoms with Crippen LogP contribution < -0.4 is 0 Å². The highest BCUT2D eigenvalue weighted by Gasteiger charge is 2.30. The van der Waals surface area contributed by atoms with Gasteiger partial charge in [-0.2, -0.15) is 0 Å². The summed E-state index contributed by atoms with van der Waals surface area (Å²) in [6.07, 6.45) is 0. The van der Waals surface area contributed by atoms with E-state index in [9.17, 15) is 22.0 Å². The molecule has 114 valence electrons. The minimum absolute atomic E-state index is 0.0519. The highest BCUT2D eigenvalue weighted by molar-refractivity contribution is 5.58. The third-order valence-electron chi connectivity index (χ3n) is 2.86. The van der Waals surface area contributed by atoms with Gasteiger partial charge in [-0.1, -0.05) is 0 Å². The van der Waals surface area contributed by atoms with Gasteiger partial charge in [0.05, 0.1) is 5.56 Å². The van der Waals surface area contributed by atoms with E-state index in [4.69, 9.17) is 5.11 Å². The normalized spacial score (nSPS) is 11.5. The third-order valence-corrected chi connectivity index (χ3v) is 2.86. The van der Waals surface area contributed by atoms with Gasteiger partial charge in [0.1, 0.15) is 6.61 Å². The molecule has 1 N–H and O–H groups in total. The van der Waals surface area contributed by atoms with Gasteiger partial charge in [0.2, 0.25) is 5.82 Å². The van der Waals surface area contributed by atoms with Crippen LogP contribution in [0.4, 0.5) is 22.0 Å². The Kier molecular flexibility index (Phi) is 3.95. The number of aliphatic hydroxyl groups excluding tert-OH is 1. The fourth-order valence-electron chi connectivity index (χ4n) is 1.95. The average Bonchev–Trinajstić information content (AvgIpc) is 2.87. The zero-order valence-corrected chi connectivity index (χ0v) is 11.0. The van der Waals surface area contributed by atoms with Gasteiger partial charge in [0.15, 0.2) is 34.9 Å². The first kappa shape index (κ1) is 15.4. The second-order valence-electron chi connectivity index (χ2n) is 4.51. The van der Waals surface area contributed by atoms with Gasteiger partial charge in [0.25, 0.3) is 0 Å². The molecule has 0 aliphatic carbocycles. The standard InChI is InChI=1S/C12H10F5N3O/c1-4(2)20-5(3-21)18-19-12(20)6-7(13)9(15)11(17)10(16)8(6)14/h4,21H,3H2,1-2H3. The minimum atomic E-state index is -2.24. The highest BCUT2D eigenvalue weighted by Crippen LogP contribution is 2.32. The highest BCUT2D eigenvalue weighted by atomic mass is 19.2. The molecule has 0 radical (unpaired) electrons. The summed E-state index contributed by atoms with van der Waals surface area (Å²) in [7, 11) is 0. The topological polar surface area (TPSA) is 50.9 Å². The summed E-state index contributed by atoms with van der Waals surface area (Å²) in [4.78, 5) is 0. The van der Waals surface area contributed by atoms with Crippen LogP contribution in [0.15, 0.2) is 0 Å². The van der Waals surface area contributed by atoms with Crippen LogP contribution in [0.3, 0.4) is 0 Å². The van der Waals surface area contributed by atoms with Gasteiger partial charge >= 0.3 is 0 Å². The Balaban J connectivity index is 2.83. The van der Waals surface area contributed by atoms with Gasteiger partial charge in [-0.05, 0) is 13.8 Å². The molecule has 0 saturated heterocycles. The number of hydrogen-bond donors (Lipinski definition) is 1. The Morgan fingerprint density at radius 1 is 0.905 bits per heavy atom. The van der Waals surface area contributed by atoms with Crippen molar-refractivity contribution in [2.45, 2.75) is 26.5 Å². The smallest absolute Gasteiger partial charge is 0.200 e. The van der Waals surface area contributed by atoms with E-state index in [0.717, 1.165) is 4.57 Å². The fourth-order valence-corrected chi connectivity index (χ4v) is 1.95. The maximum Gasteiger partial charge on any atom is 0.200 e. The third kappa shape index (κ3) is 2.27. The molecule has 0 fully saturated rings. The molecule has 1 aromatic carbocycles. The van der Waals surface area contributed by atoms with Crippen molar-refractivity contribution in [1.82, 2.24) is 14.8 Å². The lowest BCUT2D eigenvalue weighted by atomic mass is 10.1. The zero-order valence-electron chi connectivity index (χ0n) is 11.0. The maximum absolute atomic E-state index is 13.8. The van der Waals surface area contributed by atoms with Crippen molar-refractivity contribution in [1.29, 1.82) is 0 Å². The van der Waals surface area contributed by atoms with Gasteiger partial charge < -0.3 is 9.67 Å². The monoisotopic (exact) mass is 307 g/mol. The Morgan fingerprint density at radius 3 is 1.81 bits per heavy atom. The van der Waals surface area contributed by atoms with Gasteiger partial charge in [0, 0.05) is 6.04 Å². The molecule has 2 aromatic rings. The van der Waals surface area contributed by atoms with E-state index in [-0.39, 0.29) is 5.82 Å². The Labute approximate surface area is 115 Å². The summed E-state index contributed by atoms with van der Waals surface area (Å²) in [5.74, 6) is -11.0. The molecule has 0 amide bonds. The number of benzene rings is 1. The first-order valence-electron chi connectivity index (χ1n) is 5.87. The molecular weight excluding hydrogens is 297 g/mol. The average molecular weight is 307 g/mol. The van der Waals surface area contributed by atoms with E-state index in [1.807, 2.05) is 0 Å². The van der Waals surface area contributed by atoms with Gasteiger partial charge in [-0.25, -0.2) is 22.0 Å². The molecule has 1 heterocycles.